The number of Topliss-reactive ketones (excluding diaryl/α,β-unsaturated/α-hetero) is 1. The number of aliphatic imine (C=N–C) groups is 1. The molecule has 1 aromatic rings. The number of nitrogens with two attached hydrogens (primary N) is 1. The van der Waals surface area contributed by atoms with Crippen LogP contribution in [0, 0.1) is 0 Å². The Hall–Kier alpha value is -2.68. The molecule has 0 saturated carbocycles. The van der Waals surface area contributed by atoms with Crippen molar-refractivity contribution in [2.45, 2.75) is 38.4 Å². The van der Waals surface area contributed by atoms with Crippen molar-refractivity contribution in [3.05, 3.63) is 28.3 Å². The molecule has 9 nitrogen and oxygen atoms in total. The van der Waals surface area contributed by atoms with Crippen LogP contribution in [0.3, 0.4) is 0 Å². The van der Waals surface area contributed by atoms with Crippen molar-refractivity contribution in [2.75, 3.05) is 13.7 Å². The first-order valence-electron chi connectivity index (χ1n) is 7.81. The first kappa shape index (κ1) is 18.7. The van der Waals surface area contributed by atoms with Gasteiger partial charge in [0.1, 0.15) is 18.1 Å². The molecule has 0 aromatic carbocycles. The Morgan fingerprint density at radius 3 is 2.76 bits per heavy atom. The highest BCUT2D eigenvalue weighted by Gasteiger charge is 2.42. The molecule has 1 aromatic heterocycles. The Bertz CT molecular complexity index is 756. The Balaban J connectivity index is 2.25. The molecular formula is C16H21N3O6. The number of nitrogens with zero attached hydrogens (tertiary/aromatic N) is 1. The van der Waals surface area contributed by atoms with Crippen LogP contribution in [0.15, 0.2) is 26.3 Å². The summed E-state index contributed by atoms with van der Waals surface area (Å²) in [6.07, 6.45) is 1.21. The summed E-state index contributed by atoms with van der Waals surface area (Å²) in [5, 5.41) is 2.70. The van der Waals surface area contributed by atoms with Crippen LogP contribution in [0.4, 0.5) is 0 Å². The molecule has 2 atom stereocenters. The molecule has 0 bridgehead atoms. The summed E-state index contributed by atoms with van der Waals surface area (Å²) in [7, 11) is 1.43. The van der Waals surface area contributed by atoms with Crippen molar-refractivity contribution in [1.29, 1.82) is 0 Å². The lowest BCUT2D eigenvalue weighted by atomic mass is 10.1. The van der Waals surface area contributed by atoms with E-state index in [0.717, 1.165) is 0 Å². The molecule has 0 saturated heterocycles. The minimum atomic E-state index is -1.70. The van der Waals surface area contributed by atoms with Crippen LogP contribution in [-0.4, -0.2) is 37.0 Å². The number of nitrogens with one attached hydrogen (secondary N) is 1. The highest BCUT2D eigenvalue weighted by Crippen LogP contribution is 2.23. The Labute approximate surface area is 144 Å². The fourth-order valence-corrected chi connectivity index (χ4v) is 2.34. The second-order valence-corrected chi connectivity index (χ2v) is 5.72. The third-order valence-corrected chi connectivity index (χ3v) is 3.65. The first-order chi connectivity index (χ1) is 11.8. The maximum Gasteiger partial charge on any atom is 0.339 e. The molecular weight excluding hydrogens is 330 g/mol. The number of hydrogen-bond donors (Lipinski definition) is 2. The summed E-state index contributed by atoms with van der Waals surface area (Å²) >= 11 is 0. The number of carbonyl (C=O) groups excluding carboxylic acids is 2. The van der Waals surface area contributed by atoms with Crippen molar-refractivity contribution in [2.24, 2.45) is 10.7 Å². The van der Waals surface area contributed by atoms with Gasteiger partial charge >= 0.3 is 5.63 Å². The van der Waals surface area contributed by atoms with Gasteiger partial charge in [0.25, 0.3) is 11.8 Å². The average Bonchev–Trinajstić information content (AvgIpc) is 2.98. The van der Waals surface area contributed by atoms with Gasteiger partial charge in [-0.25, -0.2) is 9.79 Å². The standard InChI is InChI=1S/C16H21N3O6/c1-4-5-11(12-6-10(23-3)7-13(21)25-12)18-15(22)16(17)8-24-14(19-16)9(2)20/h6-7,11H,4-5,8,17H2,1-3H3,(H,18,22)/t11-,16+/m1/s1. The van der Waals surface area contributed by atoms with E-state index in [1.54, 1.807) is 0 Å². The minimum absolute atomic E-state index is 0.183. The Kier molecular flexibility index (Phi) is 5.58. The molecule has 1 aliphatic heterocycles. The summed E-state index contributed by atoms with van der Waals surface area (Å²) in [5.74, 6) is -0.655. The maximum atomic E-state index is 12.5. The third-order valence-electron chi connectivity index (χ3n) is 3.65. The van der Waals surface area contributed by atoms with Crippen LogP contribution in [0.1, 0.15) is 38.5 Å². The summed E-state index contributed by atoms with van der Waals surface area (Å²) in [4.78, 5) is 39.4. The lowest BCUT2D eigenvalue weighted by Gasteiger charge is -2.23. The second-order valence-electron chi connectivity index (χ2n) is 5.72. The van der Waals surface area contributed by atoms with Gasteiger partial charge in [0.05, 0.1) is 19.2 Å². The smallest absolute Gasteiger partial charge is 0.339 e. The van der Waals surface area contributed by atoms with E-state index in [9.17, 15) is 14.4 Å². The van der Waals surface area contributed by atoms with Crippen LogP contribution in [-0.2, 0) is 14.3 Å². The molecule has 2 heterocycles. The van der Waals surface area contributed by atoms with Crippen LogP contribution in [0.25, 0.3) is 0 Å². The quantitative estimate of drug-likeness (QED) is 0.720. The van der Waals surface area contributed by atoms with Crippen molar-refractivity contribution >= 4 is 17.6 Å². The van der Waals surface area contributed by atoms with E-state index < -0.39 is 29.0 Å². The van der Waals surface area contributed by atoms with Gasteiger partial charge in [-0.3, -0.25) is 15.3 Å². The number of carbonyl (C=O) groups is 2. The fourth-order valence-electron chi connectivity index (χ4n) is 2.34. The highest BCUT2D eigenvalue weighted by molar-refractivity contribution is 6.36. The molecule has 0 radical (unpaired) electrons. The van der Waals surface area contributed by atoms with Crippen molar-refractivity contribution in [3.63, 3.8) is 0 Å². The van der Waals surface area contributed by atoms with Gasteiger partial charge in [-0.15, -0.1) is 0 Å². The summed E-state index contributed by atoms with van der Waals surface area (Å²) in [6.45, 7) is 2.95. The van der Waals surface area contributed by atoms with E-state index in [1.807, 2.05) is 6.92 Å². The molecule has 1 aliphatic rings. The molecule has 9 heteroatoms. The predicted octanol–water partition coefficient (Wildman–Crippen LogP) is 0.279. The van der Waals surface area contributed by atoms with Gasteiger partial charge in [-0.1, -0.05) is 13.3 Å². The molecule has 0 spiro atoms. The number of methoxy groups -OCH3 is 1. The van der Waals surface area contributed by atoms with E-state index >= 15 is 0 Å². The maximum absolute atomic E-state index is 12.5. The Morgan fingerprint density at radius 1 is 1.48 bits per heavy atom. The van der Waals surface area contributed by atoms with Gasteiger partial charge in [0.15, 0.2) is 0 Å². The van der Waals surface area contributed by atoms with Crippen LogP contribution >= 0.6 is 0 Å². The summed E-state index contributed by atoms with van der Waals surface area (Å²) in [6, 6.07) is 2.13. The number of ketones is 1. The van der Waals surface area contributed by atoms with Crippen molar-refractivity contribution < 1.29 is 23.5 Å². The molecule has 25 heavy (non-hydrogen) atoms. The predicted molar refractivity (Wildman–Crippen MR) is 88.3 cm³/mol. The van der Waals surface area contributed by atoms with Crippen LogP contribution in [0.2, 0.25) is 0 Å². The molecule has 0 fully saturated rings. The summed E-state index contributed by atoms with van der Waals surface area (Å²) in [5.41, 5.74) is 3.65. The van der Waals surface area contributed by atoms with Crippen LogP contribution < -0.4 is 21.4 Å². The van der Waals surface area contributed by atoms with E-state index in [1.165, 1.54) is 26.2 Å². The van der Waals surface area contributed by atoms with E-state index in [-0.39, 0.29) is 18.3 Å². The van der Waals surface area contributed by atoms with E-state index in [4.69, 9.17) is 19.6 Å². The van der Waals surface area contributed by atoms with Gasteiger partial charge in [0, 0.05) is 13.0 Å². The molecule has 136 valence electrons. The minimum Gasteiger partial charge on any atom is -0.496 e. The zero-order valence-corrected chi connectivity index (χ0v) is 14.3. The zero-order chi connectivity index (χ0) is 18.6. The van der Waals surface area contributed by atoms with Crippen molar-refractivity contribution in [1.82, 2.24) is 5.32 Å². The van der Waals surface area contributed by atoms with Crippen molar-refractivity contribution in [3.8, 4) is 5.75 Å². The zero-order valence-electron chi connectivity index (χ0n) is 14.3. The SMILES string of the molecule is CCC[C@@H](NC(=O)[C@]1(N)COC(C(C)=O)=N1)c1cc(OC)cc(=O)o1. The molecule has 1 amide bonds. The van der Waals surface area contributed by atoms with E-state index in [0.29, 0.717) is 18.6 Å². The Morgan fingerprint density at radius 2 is 2.20 bits per heavy atom. The first-order valence-corrected chi connectivity index (χ1v) is 7.81. The number of hydrogen-bond acceptors (Lipinski definition) is 8. The number of amides is 1. The highest BCUT2D eigenvalue weighted by atomic mass is 16.5. The lowest BCUT2D eigenvalue weighted by molar-refractivity contribution is -0.127. The fraction of sp³-hybridized carbons (Fsp3) is 0.500. The number of ether oxygens (including phenoxy) is 2. The van der Waals surface area contributed by atoms with Crippen LogP contribution in [0.5, 0.6) is 5.75 Å². The molecule has 0 unspecified atom stereocenters. The van der Waals surface area contributed by atoms with Gasteiger partial charge in [-0.05, 0) is 6.42 Å². The monoisotopic (exact) mass is 351 g/mol. The van der Waals surface area contributed by atoms with Gasteiger partial charge < -0.3 is 19.2 Å². The molecule has 2 rings (SSSR count). The average molecular weight is 351 g/mol. The normalized spacial score (nSPS) is 20.4. The third kappa shape index (κ3) is 4.24. The van der Waals surface area contributed by atoms with E-state index in [2.05, 4.69) is 10.3 Å². The number of rotatable bonds is 7. The molecule has 3 N–H and O–H groups in total. The second kappa shape index (κ2) is 7.47. The van der Waals surface area contributed by atoms with Gasteiger partial charge in [-0.2, -0.15) is 0 Å². The topological polar surface area (TPSA) is 133 Å². The largest absolute Gasteiger partial charge is 0.496 e. The van der Waals surface area contributed by atoms with Gasteiger partial charge in [0.2, 0.25) is 11.4 Å². The molecule has 0 aliphatic carbocycles. The summed E-state index contributed by atoms with van der Waals surface area (Å²) < 4.78 is 15.3. The lowest BCUT2D eigenvalue weighted by Crippen LogP contribution is -2.54.